The minimum atomic E-state index is -0.595. The van der Waals surface area contributed by atoms with Crippen molar-refractivity contribution in [2.24, 2.45) is 52.8 Å². The summed E-state index contributed by atoms with van der Waals surface area (Å²) in [5.41, 5.74) is 4.02. The number of hydrogen-bond donors (Lipinski definition) is 1. The number of allylic oxidation sites excluding steroid dienone is 10. The fourth-order valence-electron chi connectivity index (χ4n) is 10.9. The van der Waals surface area contributed by atoms with Gasteiger partial charge in [0.05, 0.1) is 23.9 Å². The number of ether oxygens (including phenoxy) is 1. The summed E-state index contributed by atoms with van der Waals surface area (Å²) in [6, 6.07) is -0.171. The fourth-order valence-corrected chi connectivity index (χ4v) is 10.9. The van der Waals surface area contributed by atoms with Gasteiger partial charge in [0.25, 0.3) is 0 Å². The highest BCUT2D eigenvalue weighted by Gasteiger charge is 2.42. The number of aliphatic hydroxyl groups excluding tert-OH is 1. The Morgan fingerprint density at radius 2 is 1.62 bits per heavy atom. The van der Waals surface area contributed by atoms with Crippen molar-refractivity contribution in [2.45, 2.75) is 197 Å². The Morgan fingerprint density at radius 3 is 2.30 bits per heavy atom. The monoisotopic (exact) mass is 830 g/mol. The highest BCUT2D eigenvalue weighted by molar-refractivity contribution is 5.98. The second kappa shape index (κ2) is 25.6. The van der Waals surface area contributed by atoms with E-state index in [2.05, 4.69) is 117 Å². The predicted octanol–water partition coefficient (Wildman–Crippen LogP) is 14.0. The van der Waals surface area contributed by atoms with E-state index in [-0.39, 0.29) is 23.7 Å². The largest absolute Gasteiger partial charge is 0.391 e. The molecule has 2 fully saturated rings. The molecule has 0 aromatic carbocycles. The van der Waals surface area contributed by atoms with Crippen LogP contribution in [0.2, 0.25) is 0 Å². The summed E-state index contributed by atoms with van der Waals surface area (Å²) in [6.45, 7) is 31.5. The van der Waals surface area contributed by atoms with Crippen LogP contribution in [0.1, 0.15) is 178 Å². The third-order valence-electron chi connectivity index (χ3n) is 15.5. The van der Waals surface area contributed by atoms with E-state index < -0.39 is 11.5 Å². The smallest absolute Gasteiger partial charge is 0.184 e. The molecular formula is C55H91NO4. The van der Waals surface area contributed by atoms with Gasteiger partial charge in [0.1, 0.15) is 5.78 Å². The lowest BCUT2D eigenvalue weighted by atomic mass is 9.70. The van der Waals surface area contributed by atoms with Crippen molar-refractivity contribution in [3.63, 3.8) is 0 Å². The molecule has 0 aromatic heterocycles. The number of carbonyl (C=O) groups excluding carboxylic acids is 2. The molecule has 1 N–H and O–H groups in total. The van der Waals surface area contributed by atoms with E-state index in [1.165, 1.54) is 29.6 Å². The average Bonchev–Trinajstić information content (AvgIpc) is 3.22. The van der Waals surface area contributed by atoms with Crippen LogP contribution in [0.4, 0.5) is 0 Å². The molecule has 8 unspecified atom stereocenters. The molecule has 5 heteroatoms. The maximum absolute atomic E-state index is 14.3. The van der Waals surface area contributed by atoms with Crippen LogP contribution < -0.4 is 0 Å². The first-order valence-corrected chi connectivity index (χ1v) is 24.5. The number of methoxy groups -OCH3 is 1. The van der Waals surface area contributed by atoms with Gasteiger partial charge in [-0.05, 0) is 139 Å². The summed E-state index contributed by atoms with van der Waals surface area (Å²) in [7, 11) is 1.84. The zero-order valence-electron chi connectivity index (χ0n) is 40.6. The van der Waals surface area contributed by atoms with E-state index in [1.807, 2.05) is 14.0 Å². The van der Waals surface area contributed by atoms with Crippen molar-refractivity contribution < 1.29 is 19.4 Å². The van der Waals surface area contributed by atoms with Crippen molar-refractivity contribution in [2.75, 3.05) is 13.7 Å². The number of fused-ring (bicyclic) bond motifs is 25. The third kappa shape index (κ3) is 16.0. The molecule has 3 aliphatic heterocycles. The number of hydrogen-bond acceptors (Lipinski definition) is 5. The van der Waals surface area contributed by atoms with Crippen LogP contribution in [-0.2, 0) is 14.3 Å². The molecule has 0 aromatic rings. The molecule has 1 saturated heterocycles. The lowest BCUT2D eigenvalue weighted by molar-refractivity contribution is -0.128. The highest BCUT2D eigenvalue weighted by atomic mass is 16.5. The fraction of sp³-hybridized carbons (Fsp3) is 0.745. The Kier molecular flexibility index (Phi) is 22.1. The van der Waals surface area contributed by atoms with Crippen LogP contribution in [0.5, 0.6) is 0 Å². The van der Waals surface area contributed by atoms with Crippen LogP contribution >= 0.6 is 0 Å². The van der Waals surface area contributed by atoms with Crippen molar-refractivity contribution >= 4 is 11.6 Å². The second-order valence-electron chi connectivity index (χ2n) is 20.8. The van der Waals surface area contributed by atoms with Gasteiger partial charge in [-0.3, -0.25) is 9.59 Å². The molecule has 60 heavy (non-hydrogen) atoms. The average molecular weight is 830 g/mol. The number of rotatable bonds is 5. The van der Waals surface area contributed by atoms with E-state index in [9.17, 15) is 14.7 Å². The molecule has 2 bridgehead atoms. The maximum atomic E-state index is 14.3. The molecule has 3 heterocycles. The van der Waals surface area contributed by atoms with Gasteiger partial charge in [-0.1, -0.05) is 140 Å². The Hall–Kier alpha value is -2.50. The van der Waals surface area contributed by atoms with Crippen LogP contribution in [0.15, 0.2) is 72.0 Å². The molecule has 0 spiro atoms. The SMILES string of the molecule is C=C1C(C)C[C@H](C)/C=C/C=C/C=C(\C)CCCCCC(C)C(C)(C)C(=O)C(=C)N2CC[C@@H](CC2C(C)O)C(CC2CCCC(OC)C2)CCC(=O)[C@H](C)/C=C(\C)CC1CC. The zero-order valence-corrected chi connectivity index (χ0v) is 40.6. The number of nitrogens with zero attached hydrogens (tertiary/aromatic N) is 1. The minimum Gasteiger partial charge on any atom is -0.391 e. The summed E-state index contributed by atoms with van der Waals surface area (Å²) in [6.07, 6.45) is 30.5. The van der Waals surface area contributed by atoms with Crippen molar-refractivity contribution in [3.8, 4) is 0 Å². The van der Waals surface area contributed by atoms with E-state index in [4.69, 9.17) is 4.74 Å². The molecule has 1 aliphatic carbocycles. The van der Waals surface area contributed by atoms with Gasteiger partial charge in [-0.25, -0.2) is 0 Å². The predicted molar refractivity (Wildman–Crippen MR) is 256 cm³/mol. The summed E-state index contributed by atoms with van der Waals surface area (Å²) < 4.78 is 5.85. The van der Waals surface area contributed by atoms with Crippen molar-refractivity contribution in [1.29, 1.82) is 0 Å². The van der Waals surface area contributed by atoms with Gasteiger partial charge >= 0.3 is 0 Å². The molecule has 0 radical (unpaired) electrons. The topological polar surface area (TPSA) is 66.8 Å². The summed E-state index contributed by atoms with van der Waals surface area (Å²) in [4.78, 5) is 30.4. The van der Waals surface area contributed by atoms with E-state index in [1.54, 1.807) is 0 Å². The van der Waals surface area contributed by atoms with Gasteiger partial charge in [-0.15, -0.1) is 0 Å². The number of carbonyl (C=O) groups is 2. The Bertz CT molecular complexity index is 1490. The molecule has 4 rings (SSSR count). The zero-order chi connectivity index (χ0) is 44.6. The van der Waals surface area contributed by atoms with E-state index >= 15 is 0 Å². The second-order valence-corrected chi connectivity index (χ2v) is 20.8. The lowest BCUT2D eigenvalue weighted by Gasteiger charge is -2.47. The molecule has 11 atom stereocenters. The Morgan fingerprint density at radius 1 is 0.883 bits per heavy atom. The summed E-state index contributed by atoms with van der Waals surface area (Å²) >= 11 is 0. The highest BCUT2D eigenvalue weighted by Crippen LogP contribution is 2.43. The van der Waals surface area contributed by atoms with Gasteiger partial charge in [0.15, 0.2) is 5.78 Å². The van der Waals surface area contributed by atoms with E-state index in [0.717, 1.165) is 89.9 Å². The van der Waals surface area contributed by atoms with Crippen LogP contribution in [-0.4, -0.2) is 53.5 Å². The number of ketones is 2. The molecular weight excluding hydrogens is 739 g/mol. The first-order valence-electron chi connectivity index (χ1n) is 24.5. The molecule has 4 aliphatic rings. The maximum Gasteiger partial charge on any atom is 0.184 e. The van der Waals surface area contributed by atoms with Crippen molar-refractivity contribution in [1.82, 2.24) is 4.90 Å². The Balaban J connectivity index is 1.88. The molecule has 5 nitrogen and oxygen atoms in total. The number of aliphatic hydroxyl groups is 1. The van der Waals surface area contributed by atoms with E-state index in [0.29, 0.717) is 66.1 Å². The molecule has 0 amide bonds. The first kappa shape index (κ1) is 51.8. The quantitative estimate of drug-likeness (QED) is 0.221. The van der Waals surface area contributed by atoms with Crippen LogP contribution in [0, 0.1) is 52.8 Å². The lowest BCUT2D eigenvalue weighted by Crippen LogP contribution is -2.51. The van der Waals surface area contributed by atoms with Crippen molar-refractivity contribution in [3.05, 3.63) is 72.0 Å². The molecule has 340 valence electrons. The normalized spacial score (nSPS) is 36.8. The summed E-state index contributed by atoms with van der Waals surface area (Å²) in [5.74, 6) is 3.15. The minimum absolute atomic E-state index is 0.107. The van der Waals surface area contributed by atoms with Crippen LogP contribution in [0.25, 0.3) is 0 Å². The van der Waals surface area contributed by atoms with Gasteiger partial charge < -0.3 is 14.7 Å². The number of piperidine rings is 1. The third-order valence-corrected chi connectivity index (χ3v) is 15.5. The van der Waals surface area contributed by atoms with Gasteiger partial charge in [-0.2, -0.15) is 0 Å². The Labute approximate surface area is 369 Å². The van der Waals surface area contributed by atoms with Gasteiger partial charge in [0, 0.05) is 31.4 Å². The molecule has 1 saturated carbocycles. The van der Waals surface area contributed by atoms with Crippen LogP contribution in [0.3, 0.4) is 0 Å². The standard InChI is InChI=1S/C55H91NO4/c1-14-48-34-40(4)33-42(6)53(58)29-28-49(35-47-26-21-27-51(36-47)60-13)50-30-31-56(52(37-50)46(10)57)45(9)54(59)55(11,12)43(7)25-20-16-18-23-38(2)22-17-15-19-24-39(3)32-41(5)44(48)8/h15,17,19,22,24,33,39,41-43,46-52,57H,8-9,14,16,18,20-21,23,25-32,34-37H2,1-7,10-13H3/b17-15+,24-19+,38-22+,40-33+/t39-,41?,42-,43?,46?,47?,48?,49?,50+,51?,52?/m1/s1. The summed E-state index contributed by atoms with van der Waals surface area (Å²) in [5, 5.41) is 11.3. The first-order chi connectivity index (χ1) is 28.4. The number of Topliss-reactive ketones (excluding diaryl/α,β-unsaturated/α-hetero) is 2. The van der Waals surface area contributed by atoms with Gasteiger partial charge in [0.2, 0.25) is 0 Å².